The molecule has 0 unspecified atom stereocenters. The van der Waals surface area contributed by atoms with Crippen LogP contribution in [0.2, 0.25) is 0 Å². The summed E-state index contributed by atoms with van der Waals surface area (Å²) in [5.41, 5.74) is 14.0. The zero-order valence-electron chi connectivity index (χ0n) is 38.2. The third-order valence-electron chi connectivity index (χ3n) is 14.6. The fourth-order valence-corrected chi connectivity index (χ4v) is 16.8. The number of fused-ring (bicyclic) bond motifs is 8. The summed E-state index contributed by atoms with van der Waals surface area (Å²) in [7, 11) is -2.87. The minimum atomic E-state index is -2.87. The molecule has 2 aromatic heterocycles. The standard InChI is InChI=1S/C66H44N2OSi/c1-6-23-45(24-7-1)61-64-54-36-17-19-38-56(54)68(66(64)62(46-25-8-2-9-26-46)63-53-35-16-18-37-55(53)67(65(61)63)49-28-10-3-11-29-49)50-30-22-27-47(43-50)48-41-42-58-60(44-48)70(51-31-12-4-13-32-51,52-33-14-5-15-34-52)59-40-21-20-39-57(59)69-58/h1-44H. The molecule has 0 saturated heterocycles. The van der Waals surface area contributed by atoms with Gasteiger partial charge in [-0.2, -0.15) is 0 Å². The van der Waals surface area contributed by atoms with Crippen molar-refractivity contribution in [3.63, 3.8) is 0 Å². The van der Waals surface area contributed by atoms with E-state index in [-0.39, 0.29) is 0 Å². The van der Waals surface area contributed by atoms with Crippen LogP contribution in [0.1, 0.15) is 0 Å². The average molecular weight is 909 g/mol. The number of rotatable bonds is 7. The van der Waals surface area contributed by atoms with Crippen LogP contribution in [0.15, 0.2) is 267 Å². The number of para-hydroxylation sites is 4. The maximum absolute atomic E-state index is 6.87. The molecule has 11 aromatic carbocycles. The first-order chi connectivity index (χ1) is 34.8. The van der Waals surface area contributed by atoms with Crippen molar-refractivity contribution >= 4 is 72.4 Å². The van der Waals surface area contributed by atoms with Crippen LogP contribution < -0.4 is 25.5 Å². The molecule has 0 saturated carbocycles. The maximum atomic E-state index is 6.87. The van der Waals surface area contributed by atoms with E-state index in [9.17, 15) is 0 Å². The highest BCUT2D eigenvalue weighted by molar-refractivity contribution is 7.20. The van der Waals surface area contributed by atoms with Gasteiger partial charge in [-0.05, 0) is 91.5 Å². The van der Waals surface area contributed by atoms with Crippen LogP contribution in [0.25, 0.3) is 88.4 Å². The Morgan fingerprint density at radius 3 is 1.31 bits per heavy atom. The second-order valence-electron chi connectivity index (χ2n) is 18.3. The Balaban J connectivity index is 1.09. The van der Waals surface area contributed by atoms with E-state index >= 15 is 0 Å². The molecule has 1 aliphatic rings. The van der Waals surface area contributed by atoms with E-state index in [4.69, 9.17) is 4.74 Å². The van der Waals surface area contributed by atoms with Gasteiger partial charge in [0.1, 0.15) is 11.5 Å². The Labute approximate surface area is 407 Å². The first kappa shape index (κ1) is 40.1. The van der Waals surface area contributed by atoms with Gasteiger partial charge < -0.3 is 13.9 Å². The lowest BCUT2D eigenvalue weighted by Crippen LogP contribution is -2.76. The number of nitrogens with zero attached hydrogens (tertiary/aromatic N) is 2. The molecule has 13 aromatic rings. The topological polar surface area (TPSA) is 19.1 Å². The molecule has 0 aliphatic carbocycles. The molecule has 3 heterocycles. The molecule has 0 amide bonds. The molecule has 328 valence electrons. The molecule has 14 rings (SSSR count). The summed E-state index contributed by atoms with van der Waals surface area (Å²) in [5, 5.41) is 10.1. The van der Waals surface area contributed by atoms with Crippen molar-refractivity contribution in [2.45, 2.75) is 0 Å². The maximum Gasteiger partial charge on any atom is 0.188 e. The van der Waals surface area contributed by atoms with Crippen molar-refractivity contribution < 1.29 is 4.74 Å². The van der Waals surface area contributed by atoms with Gasteiger partial charge >= 0.3 is 0 Å². The zero-order valence-corrected chi connectivity index (χ0v) is 39.2. The van der Waals surface area contributed by atoms with Crippen LogP contribution >= 0.6 is 0 Å². The molecule has 0 bridgehead atoms. The first-order valence-electron chi connectivity index (χ1n) is 24.1. The number of hydrogen-bond donors (Lipinski definition) is 0. The fraction of sp³-hybridized carbons (Fsp3) is 0. The molecule has 0 fully saturated rings. The highest BCUT2D eigenvalue weighted by Gasteiger charge is 2.48. The minimum absolute atomic E-state index is 0.917. The molecule has 0 spiro atoms. The second-order valence-corrected chi connectivity index (χ2v) is 22.0. The van der Waals surface area contributed by atoms with E-state index < -0.39 is 8.07 Å². The largest absolute Gasteiger partial charge is 0.458 e. The Morgan fingerprint density at radius 1 is 0.300 bits per heavy atom. The summed E-state index contributed by atoms with van der Waals surface area (Å²) in [5.74, 6) is 1.85. The second kappa shape index (κ2) is 16.1. The van der Waals surface area contributed by atoms with E-state index in [1.807, 2.05) is 0 Å². The van der Waals surface area contributed by atoms with Gasteiger partial charge in [0.05, 0.1) is 22.1 Å². The summed E-state index contributed by atoms with van der Waals surface area (Å²) in [6.45, 7) is 0. The van der Waals surface area contributed by atoms with Crippen molar-refractivity contribution in [3.05, 3.63) is 267 Å². The lowest BCUT2D eigenvalue weighted by Gasteiger charge is -2.39. The minimum Gasteiger partial charge on any atom is -0.458 e. The van der Waals surface area contributed by atoms with Gasteiger partial charge in [-0.25, -0.2) is 0 Å². The molecule has 0 atom stereocenters. The van der Waals surface area contributed by atoms with Crippen molar-refractivity contribution in [1.82, 2.24) is 9.13 Å². The molecule has 0 N–H and O–H groups in total. The van der Waals surface area contributed by atoms with Crippen LogP contribution in [-0.4, -0.2) is 17.2 Å². The third kappa shape index (κ3) is 5.94. The van der Waals surface area contributed by atoms with E-state index in [2.05, 4.69) is 276 Å². The molecule has 3 nitrogen and oxygen atoms in total. The average Bonchev–Trinajstić information content (AvgIpc) is 3.97. The first-order valence-corrected chi connectivity index (χ1v) is 26.1. The van der Waals surface area contributed by atoms with Crippen LogP contribution in [0.4, 0.5) is 0 Å². The molecule has 4 heteroatoms. The van der Waals surface area contributed by atoms with Gasteiger partial charge in [-0.15, -0.1) is 0 Å². The smallest absolute Gasteiger partial charge is 0.188 e. The van der Waals surface area contributed by atoms with Crippen molar-refractivity contribution in [2.75, 3.05) is 0 Å². The monoisotopic (exact) mass is 908 g/mol. The van der Waals surface area contributed by atoms with E-state index in [1.54, 1.807) is 0 Å². The van der Waals surface area contributed by atoms with Crippen molar-refractivity contribution in [3.8, 4) is 56.3 Å². The van der Waals surface area contributed by atoms with E-state index in [0.717, 1.165) is 39.5 Å². The van der Waals surface area contributed by atoms with Crippen LogP contribution in [0.3, 0.4) is 0 Å². The summed E-state index contributed by atoms with van der Waals surface area (Å²) >= 11 is 0. The van der Waals surface area contributed by atoms with Gasteiger partial charge in [-0.1, -0.05) is 218 Å². The number of ether oxygens (including phenoxy) is 1. The van der Waals surface area contributed by atoms with Gasteiger partial charge in [0.15, 0.2) is 8.07 Å². The normalized spacial score (nSPS) is 12.8. The predicted molar refractivity (Wildman–Crippen MR) is 295 cm³/mol. The molecule has 70 heavy (non-hydrogen) atoms. The Bertz CT molecular complexity index is 4080. The molecular weight excluding hydrogens is 865 g/mol. The number of aromatic nitrogens is 2. The van der Waals surface area contributed by atoms with Crippen LogP contribution in [-0.2, 0) is 0 Å². The van der Waals surface area contributed by atoms with Gasteiger partial charge in [0.2, 0.25) is 0 Å². The highest BCUT2D eigenvalue weighted by atomic mass is 28.3. The summed E-state index contributed by atoms with van der Waals surface area (Å²) in [6.07, 6.45) is 0. The van der Waals surface area contributed by atoms with E-state index in [1.165, 1.54) is 81.1 Å². The van der Waals surface area contributed by atoms with Crippen LogP contribution in [0, 0.1) is 0 Å². The quantitative estimate of drug-likeness (QED) is 0.146. The predicted octanol–water partition coefficient (Wildman–Crippen LogP) is 14.4. The number of benzene rings is 11. The SMILES string of the molecule is c1ccc(-c2c3c4ccccc4n(-c4cccc(-c5ccc6c(c5)[Si](c5ccccc5)(c5ccccc5)c5ccccc5O6)c4)c3c(-c3ccccc3)c3c4ccccc4n(-c4ccccc4)c23)cc1. The Morgan fingerprint density at radius 2 is 0.729 bits per heavy atom. The van der Waals surface area contributed by atoms with E-state index in [0.29, 0.717) is 0 Å². The molecule has 0 radical (unpaired) electrons. The van der Waals surface area contributed by atoms with Gasteiger partial charge in [-0.3, -0.25) is 0 Å². The lowest BCUT2D eigenvalue weighted by molar-refractivity contribution is 0.487. The Hall–Kier alpha value is -8.96. The highest BCUT2D eigenvalue weighted by Crippen LogP contribution is 2.52. The zero-order chi connectivity index (χ0) is 46.2. The summed E-state index contributed by atoms with van der Waals surface area (Å²) < 4.78 is 11.9. The summed E-state index contributed by atoms with van der Waals surface area (Å²) in [6, 6.07) is 97.9. The van der Waals surface area contributed by atoms with Crippen molar-refractivity contribution in [2.24, 2.45) is 0 Å². The Kier molecular flexibility index (Phi) is 9.23. The van der Waals surface area contributed by atoms with Crippen molar-refractivity contribution in [1.29, 1.82) is 0 Å². The lowest BCUT2D eigenvalue weighted by atomic mass is 9.90. The third-order valence-corrected chi connectivity index (χ3v) is 19.4. The number of hydrogen-bond acceptors (Lipinski definition) is 1. The van der Waals surface area contributed by atoms with Gasteiger partial charge in [0, 0.05) is 44.0 Å². The molecule has 1 aliphatic heterocycles. The van der Waals surface area contributed by atoms with Crippen LogP contribution in [0.5, 0.6) is 11.5 Å². The van der Waals surface area contributed by atoms with Gasteiger partial charge in [0.25, 0.3) is 0 Å². The fourth-order valence-electron chi connectivity index (χ4n) is 11.8. The summed E-state index contributed by atoms with van der Waals surface area (Å²) in [4.78, 5) is 0. The molecular formula is C66H44N2OSi.